The van der Waals surface area contributed by atoms with Crippen molar-refractivity contribution in [1.29, 1.82) is 0 Å². The summed E-state index contributed by atoms with van der Waals surface area (Å²) in [6, 6.07) is 7.98. The van der Waals surface area contributed by atoms with E-state index in [-0.39, 0.29) is 5.75 Å². The molecule has 6 heteroatoms. The zero-order valence-electron chi connectivity index (χ0n) is 16.8. The number of aryl methyl sites for hydroxylation is 2. The highest BCUT2D eigenvalue weighted by Gasteiger charge is 2.16. The van der Waals surface area contributed by atoms with Crippen molar-refractivity contribution in [1.82, 2.24) is 10.3 Å². The SMILES string of the molecule is Cc1cc(CNCc2ccc(N3CCC(C)CC3)nc2)cc(C)c1OC(F)F. The maximum atomic E-state index is 12.5. The van der Waals surface area contributed by atoms with Gasteiger partial charge in [0, 0.05) is 32.4 Å². The second-order valence-corrected chi connectivity index (χ2v) is 7.74. The standard InChI is InChI=1S/C22H29F2N3O/c1-15-6-8-27(9-7-15)20-5-4-18(14-26-20)12-25-13-19-10-16(2)21(17(3)11-19)28-22(23)24/h4-5,10-11,14-15,22,25H,6-9,12-13H2,1-3H3. The molecule has 1 aromatic heterocycles. The molecule has 1 aromatic carbocycles. The summed E-state index contributed by atoms with van der Waals surface area (Å²) >= 11 is 0. The fourth-order valence-electron chi connectivity index (χ4n) is 3.71. The van der Waals surface area contributed by atoms with E-state index >= 15 is 0 Å². The lowest BCUT2D eigenvalue weighted by atomic mass is 9.99. The summed E-state index contributed by atoms with van der Waals surface area (Å²) in [5.41, 5.74) is 3.61. The normalized spacial score (nSPS) is 15.3. The fraction of sp³-hybridized carbons (Fsp3) is 0.500. The van der Waals surface area contributed by atoms with Crippen molar-refractivity contribution >= 4 is 5.82 Å². The number of hydrogen-bond donors (Lipinski definition) is 1. The van der Waals surface area contributed by atoms with Gasteiger partial charge in [-0.05, 0) is 60.9 Å². The number of ether oxygens (including phenoxy) is 1. The zero-order valence-corrected chi connectivity index (χ0v) is 16.8. The maximum Gasteiger partial charge on any atom is 0.387 e. The number of alkyl halides is 2. The van der Waals surface area contributed by atoms with Gasteiger partial charge in [0.2, 0.25) is 0 Å². The Balaban J connectivity index is 1.52. The Kier molecular flexibility index (Phi) is 6.83. The lowest BCUT2D eigenvalue weighted by Gasteiger charge is -2.31. The van der Waals surface area contributed by atoms with E-state index in [1.165, 1.54) is 12.8 Å². The molecular formula is C22H29F2N3O. The van der Waals surface area contributed by atoms with Crippen LogP contribution in [0.2, 0.25) is 0 Å². The number of rotatable bonds is 7. The van der Waals surface area contributed by atoms with Crippen molar-refractivity contribution in [3.63, 3.8) is 0 Å². The molecule has 0 radical (unpaired) electrons. The third-order valence-corrected chi connectivity index (χ3v) is 5.30. The van der Waals surface area contributed by atoms with Gasteiger partial charge >= 0.3 is 6.61 Å². The number of pyridine rings is 1. The number of nitrogens with zero attached hydrogens (tertiary/aromatic N) is 2. The van der Waals surface area contributed by atoms with E-state index in [9.17, 15) is 8.78 Å². The molecule has 3 rings (SSSR count). The van der Waals surface area contributed by atoms with E-state index in [0.717, 1.165) is 47.1 Å². The molecule has 1 fully saturated rings. The minimum atomic E-state index is -2.80. The van der Waals surface area contributed by atoms with Crippen molar-refractivity contribution in [2.45, 2.75) is 53.3 Å². The van der Waals surface area contributed by atoms with Crippen molar-refractivity contribution < 1.29 is 13.5 Å². The molecule has 0 unspecified atom stereocenters. The fourth-order valence-corrected chi connectivity index (χ4v) is 3.71. The van der Waals surface area contributed by atoms with Gasteiger partial charge in [-0.3, -0.25) is 0 Å². The molecule has 0 atom stereocenters. The molecule has 0 saturated carbocycles. The van der Waals surface area contributed by atoms with Gasteiger partial charge in [-0.2, -0.15) is 8.78 Å². The summed E-state index contributed by atoms with van der Waals surface area (Å²) < 4.78 is 29.6. The molecule has 0 amide bonds. The van der Waals surface area contributed by atoms with Crippen molar-refractivity contribution in [3.05, 3.63) is 52.7 Å². The van der Waals surface area contributed by atoms with Gasteiger partial charge in [-0.25, -0.2) is 4.98 Å². The molecule has 28 heavy (non-hydrogen) atoms. The number of anilines is 1. The largest absolute Gasteiger partial charge is 0.434 e. The highest BCUT2D eigenvalue weighted by Crippen LogP contribution is 2.26. The Morgan fingerprint density at radius 2 is 1.75 bits per heavy atom. The van der Waals surface area contributed by atoms with Crippen LogP contribution in [-0.2, 0) is 13.1 Å². The van der Waals surface area contributed by atoms with Crippen LogP contribution in [0.1, 0.15) is 42.0 Å². The maximum absolute atomic E-state index is 12.5. The summed E-state index contributed by atoms with van der Waals surface area (Å²) in [6.45, 7) is 6.61. The van der Waals surface area contributed by atoms with Crippen LogP contribution in [0.25, 0.3) is 0 Å². The highest BCUT2D eigenvalue weighted by atomic mass is 19.3. The van der Waals surface area contributed by atoms with Gasteiger partial charge in [0.25, 0.3) is 0 Å². The number of piperidine rings is 1. The number of benzene rings is 1. The number of hydrogen-bond acceptors (Lipinski definition) is 4. The topological polar surface area (TPSA) is 37.4 Å². The molecule has 2 aromatic rings. The average molecular weight is 389 g/mol. The molecule has 0 spiro atoms. The Hall–Kier alpha value is -2.21. The Bertz CT molecular complexity index is 749. The van der Waals surface area contributed by atoms with E-state index < -0.39 is 6.61 Å². The minimum Gasteiger partial charge on any atom is -0.434 e. The van der Waals surface area contributed by atoms with Crippen LogP contribution in [-0.4, -0.2) is 24.7 Å². The number of nitrogens with one attached hydrogen (secondary N) is 1. The number of halogens is 2. The molecule has 2 heterocycles. The predicted octanol–water partition coefficient (Wildman–Crippen LogP) is 4.83. The first-order valence-electron chi connectivity index (χ1n) is 9.88. The monoisotopic (exact) mass is 389 g/mol. The summed E-state index contributed by atoms with van der Waals surface area (Å²) in [7, 11) is 0. The van der Waals surface area contributed by atoms with Crippen LogP contribution in [0.5, 0.6) is 5.75 Å². The molecule has 152 valence electrons. The van der Waals surface area contributed by atoms with Gasteiger partial charge in [0.15, 0.2) is 0 Å². The van der Waals surface area contributed by atoms with Crippen LogP contribution in [0.3, 0.4) is 0 Å². The van der Waals surface area contributed by atoms with E-state index in [1.807, 2.05) is 18.3 Å². The Morgan fingerprint density at radius 1 is 1.11 bits per heavy atom. The first-order valence-corrected chi connectivity index (χ1v) is 9.88. The Labute approximate surface area is 165 Å². The molecule has 1 saturated heterocycles. The Morgan fingerprint density at radius 3 is 2.32 bits per heavy atom. The average Bonchev–Trinajstić information content (AvgIpc) is 2.66. The van der Waals surface area contributed by atoms with Crippen molar-refractivity contribution in [3.8, 4) is 5.75 Å². The molecule has 1 N–H and O–H groups in total. The molecule has 1 aliphatic heterocycles. The third-order valence-electron chi connectivity index (χ3n) is 5.30. The molecule has 1 aliphatic rings. The molecule has 0 bridgehead atoms. The minimum absolute atomic E-state index is 0.269. The van der Waals surface area contributed by atoms with E-state index in [1.54, 1.807) is 13.8 Å². The van der Waals surface area contributed by atoms with E-state index in [2.05, 4.69) is 39.0 Å². The second kappa shape index (κ2) is 9.32. The second-order valence-electron chi connectivity index (χ2n) is 7.74. The first kappa shape index (κ1) is 20.5. The third kappa shape index (κ3) is 5.41. The van der Waals surface area contributed by atoms with E-state index in [4.69, 9.17) is 0 Å². The number of aromatic nitrogens is 1. The van der Waals surface area contributed by atoms with Gasteiger partial charge in [-0.1, -0.05) is 25.1 Å². The van der Waals surface area contributed by atoms with Gasteiger partial charge < -0.3 is 15.0 Å². The van der Waals surface area contributed by atoms with Crippen LogP contribution in [0.4, 0.5) is 14.6 Å². The highest BCUT2D eigenvalue weighted by molar-refractivity contribution is 5.43. The van der Waals surface area contributed by atoms with Crippen LogP contribution in [0, 0.1) is 19.8 Å². The lowest BCUT2D eigenvalue weighted by molar-refractivity contribution is -0.0507. The van der Waals surface area contributed by atoms with Gasteiger partial charge in [0.1, 0.15) is 11.6 Å². The lowest BCUT2D eigenvalue weighted by Crippen LogP contribution is -2.33. The van der Waals surface area contributed by atoms with Gasteiger partial charge in [-0.15, -0.1) is 0 Å². The van der Waals surface area contributed by atoms with Crippen molar-refractivity contribution in [2.24, 2.45) is 5.92 Å². The summed E-state index contributed by atoms with van der Waals surface area (Å²) in [4.78, 5) is 6.97. The summed E-state index contributed by atoms with van der Waals surface area (Å²) in [6.07, 6.45) is 4.38. The molecule has 0 aliphatic carbocycles. The van der Waals surface area contributed by atoms with Crippen LogP contribution >= 0.6 is 0 Å². The van der Waals surface area contributed by atoms with Crippen molar-refractivity contribution in [2.75, 3.05) is 18.0 Å². The van der Waals surface area contributed by atoms with Gasteiger partial charge in [0.05, 0.1) is 0 Å². The zero-order chi connectivity index (χ0) is 20.1. The summed E-state index contributed by atoms with van der Waals surface area (Å²) in [5, 5.41) is 3.39. The molecule has 4 nitrogen and oxygen atoms in total. The first-order chi connectivity index (χ1) is 13.4. The smallest absolute Gasteiger partial charge is 0.387 e. The van der Waals surface area contributed by atoms with Crippen LogP contribution in [0.15, 0.2) is 30.5 Å². The molecular weight excluding hydrogens is 360 g/mol. The van der Waals surface area contributed by atoms with E-state index in [0.29, 0.717) is 13.1 Å². The summed E-state index contributed by atoms with van der Waals surface area (Å²) in [5.74, 6) is 2.13. The quantitative estimate of drug-likeness (QED) is 0.736. The van der Waals surface area contributed by atoms with Crippen LogP contribution < -0.4 is 15.0 Å². The predicted molar refractivity (Wildman–Crippen MR) is 108 cm³/mol.